The summed E-state index contributed by atoms with van der Waals surface area (Å²) in [6.07, 6.45) is 7.57. The third-order valence-corrected chi connectivity index (χ3v) is 5.17. The van der Waals surface area contributed by atoms with E-state index in [4.69, 9.17) is 19.7 Å². The Hall–Kier alpha value is -1.34. The molecule has 0 radical (unpaired) electrons. The van der Waals surface area contributed by atoms with Crippen LogP contribution in [0.4, 0.5) is 17.8 Å². The molecular weight excluding hydrogens is 340 g/mol. The molecule has 0 N–H and O–H groups in total. The lowest BCUT2D eigenvalue weighted by molar-refractivity contribution is 0.122. The fourth-order valence-electron chi connectivity index (χ4n) is 3.72. The van der Waals surface area contributed by atoms with Crippen LogP contribution in [0.25, 0.3) is 0 Å². The molecule has 4 rings (SSSR count). The maximum absolute atomic E-state index is 5.48. The number of ether oxygens (including phenoxy) is 1. The standard InChI is InChI=1S/C17H28N6O.ClH/c1-3-7-21(8-4-1)15-18-16(22-9-5-2-6-10-22)20-17(19-15)23-11-13-24-14-12-23;/h1-14H2;1H. The van der Waals surface area contributed by atoms with Crippen LogP contribution < -0.4 is 14.7 Å². The minimum absolute atomic E-state index is 0. The number of hydrogen-bond acceptors (Lipinski definition) is 7. The van der Waals surface area contributed by atoms with Crippen molar-refractivity contribution in [2.75, 3.05) is 67.2 Å². The van der Waals surface area contributed by atoms with E-state index in [9.17, 15) is 0 Å². The molecule has 3 fully saturated rings. The molecule has 25 heavy (non-hydrogen) atoms. The number of morpholine rings is 1. The van der Waals surface area contributed by atoms with Crippen molar-refractivity contribution >= 4 is 30.3 Å². The third-order valence-electron chi connectivity index (χ3n) is 5.17. The van der Waals surface area contributed by atoms with E-state index in [1.54, 1.807) is 0 Å². The molecule has 0 bridgehead atoms. The van der Waals surface area contributed by atoms with E-state index in [2.05, 4.69) is 14.7 Å². The summed E-state index contributed by atoms with van der Waals surface area (Å²) >= 11 is 0. The summed E-state index contributed by atoms with van der Waals surface area (Å²) in [5.41, 5.74) is 0. The average molecular weight is 369 g/mol. The number of aromatic nitrogens is 3. The predicted molar refractivity (Wildman–Crippen MR) is 102 cm³/mol. The molecule has 0 atom stereocenters. The maximum atomic E-state index is 5.48. The lowest BCUT2D eigenvalue weighted by Gasteiger charge is -2.32. The van der Waals surface area contributed by atoms with Crippen molar-refractivity contribution in [2.24, 2.45) is 0 Å². The quantitative estimate of drug-likeness (QED) is 0.809. The van der Waals surface area contributed by atoms with Gasteiger partial charge >= 0.3 is 0 Å². The highest BCUT2D eigenvalue weighted by molar-refractivity contribution is 5.85. The molecule has 0 aromatic carbocycles. The van der Waals surface area contributed by atoms with Crippen molar-refractivity contribution in [2.45, 2.75) is 38.5 Å². The molecule has 1 aromatic rings. The third kappa shape index (κ3) is 4.44. The normalized spacial score (nSPS) is 21.8. The molecule has 0 saturated carbocycles. The van der Waals surface area contributed by atoms with Crippen LogP contribution in [0.3, 0.4) is 0 Å². The van der Waals surface area contributed by atoms with Crippen molar-refractivity contribution in [1.29, 1.82) is 0 Å². The number of piperidine rings is 2. The number of anilines is 3. The summed E-state index contributed by atoms with van der Waals surface area (Å²) in [5, 5.41) is 0. The van der Waals surface area contributed by atoms with E-state index in [-0.39, 0.29) is 12.4 Å². The Morgan fingerprint density at radius 3 is 1.28 bits per heavy atom. The summed E-state index contributed by atoms with van der Waals surface area (Å²) in [6, 6.07) is 0. The molecule has 0 aliphatic carbocycles. The van der Waals surface area contributed by atoms with Gasteiger partial charge in [0.05, 0.1) is 13.2 Å². The lowest BCUT2D eigenvalue weighted by atomic mass is 10.1. The van der Waals surface area contributed by atoms with Gasteiger partial charge in [-0.05, 0) is 38.5 Å². The van der Waals surface area contributed by atoms with Gasteiger partial charge in [-0.15, -0.1) is 12.4 Å². The molecular formula is C17H29ClN6O. The van der Waals surface area contributed by atoms with Crippen LogP contribution in [0.5, 0.6) is 0 Å². The zero-order chi connectivity index (χ0) is 16.2. The van der Waals surface area contributed by atoms with Crippen LogP contribution in [0.2, 0.25) is 0 Å². The minimum Gasteiger partial charge on any atom is -0.378 e. The first kappa shape index (κ1) is 18.5. The van der Waals surface area contributed by atoms with Gasteiger partial charge in [-0.2, -0.15) is 15.0 Å². The first-order chi connectivity index (χ1) is 11.9. The van der Waals surface area contributed by atoms with Gasteiger partial charge in [0.1, 0.15) is 0 Å². The average Bonchev–Trinajstić information content (AvgIpc) is 2.70. The SMILES string of the molecule is C1CCN(c2nc(N3CCCCC3)nc(N3CCOCC3)n2)CC1.Cl. The number of halogens is 1. The van der Waals surface area contributed by atoms with Gasteiger partial charge in [0, 0.05) is 39.3 Å². The topological polar surface area (TPSA) is 57.6 Å². The van der Waals surface area contributed by atoms with Gasteiger partial charge in [-0.1, -0.05) is 0 Å². The summed E-state index contributed by atoms with van der Waals surface area (Å²) in [6.45, 7) is 7.48. The van der Waals surface area contributed by atoms with E-state index < -0.39 is 0 Å². The number of hydrogen-bond donors (Lipinski definition) is 0. The van der Waals surface area contributed by atoms with Crippen LogP contribution in [0.1, 0.15) is 38.5 Å². The van der Waals surface area contributed by atoms with Crippen LogP contribution in [-0.4, -0.2) is 67.4 Å². The van der Waals surface area contributed by atoms with Crippen molar-refractivity contribution in [1.82, 2.24) is 15.0 Å². The largest absolute Gasteiger partial charge is 0.378 e. The van der Waals surface area contributed by atoms with Gasteiger partial charge in [0.15, 0.2) is 0 Å². The second kappa shape index (κ2) is 8.85. The van der Waals surface area contributed by atoms with E-state index in [0.29, 0.717) is 0 Å². The van der Waals surface area contributed by atoms with E-state index in [0.717, 1.165) is 70.3 Å². The first-order valence-electron chi connectivity index (χ1n) is 9.49. The number of rotatable bonds is 3. The Balaban J connectivity index is 0.00000182. The fraction of sp³-hybridized carbons (Fsp3) is 0.824. The number of nitrogens with zero attached hydrogens (tertiary/aromatic N) is 6. The van der Waals surface area contributed by atoms with Crippen molar-refractivity contribution in [3.05, 3.63) is 0 Å². The summed E-state index contributed by atoms with van der Waals surface area (Å²) in [7, 11) is 0. The molecule has 7 nitrogen and oxygen atoms in total. The fourth-order valence-corrected chi connectivity index (χ4v) is 3.72. The van der Waals surface area contributed by atoms with Crippen LogP contribution >= 0.6 is 12.4 Å². The summed E-state index contributed by atoms with van der Waals surface area (Å²) in [4.78, 5) is 21.4. The zero-order valence-corrected chi connectivity index (χ0v) is 15.7. The van der Waals surface area contributed by atoms with Gasteiger partial charge < -0.3 is 19.4 Å². The molecule has 0 unspecified atom stereocenters. The molecule has 0 amide bonds. The lowest BCUT2D eigenvalue weighted by Crippen LogP contribution is -2.39. The smallest absolute Gasteiger partial charge is 0.232 e. The van der Waals surface area contributed by atoms with Crippen molar-refractivity contribution in [3.8, 4) is 0 Å². The van der Waals surface area contributed by atoms with Crippen molar-refractivity contribution < 1.29 is 4.74 Å². The second-order valence-electron chi connectivity index (χ2n) is 6.93. The van der Waals surface area contributed by atoms with Gasteiger partial charge in [-0.3, -0.25) is 0 Å². The van der Waals surface area contributed by atoms with E-state index in [1.807, 2.05) is 0 Å². The van der Waals surface area contributed by atoms with E-state index >= 15 is 0 Å². The highest BCUT2D eigenvalue weighted by Crippen LogP contribution is 2.24. The monoisotopic (exact) mass is 368 g/mol. The summed E-state index contributed by atoms with van der Waals surface area (Å²) < 4.78 is 5.48. The van der Waals surface area contributed by atoms with Gasteiger partial charge in [0.2, 0.25) is 17.8 Å². The zero-order valence-electron chi connectivity index (χ0n) is 14.9. The molecule has 3 saturated heterocycles. The van der Waals surface area contributed by atoms with Crippen LogP contribution in [0, 0.1) is 0 Å². The van der Waals surface area contributed by atoms with E-state index in [1.165, 1.54) is 38.5 Å². The molecule has 8 heteroatoms. The Morgan fingerprint density at radius 2 is 0.880 bits per heavy atom. The summed E-state index contributed by atoms with van der Waals surface area (Å²) in [5.74, 6) is 2.56. The Morgan fingerprint density at radius 1 is 0.520 bits per heavy atom. The second-order valence-corrected chi connectivity index (χ2v) is 6.93. The highest BCUT2D eigenvalue weighted by Gasteiger charge is 2.23. The first-order valence-corrected chi connectivity index (χ1v) is 9.49. The predicted octanol–water partition coefficient (Wildman–Crippen LogP) is 2.11. The molecule has 0 spiro atoms. The highest BCUT2D eigenvalue weighted by atomic mass is 35.5. The molecule has 1 aromatic heterocycles. The minimum atomic E-state index is 0. The van der Waals surface area contributed by atoms with Gasteiger partial charge in [-0.25, -0.2) is 0 Å². The molecule has 140 valence electrons. The maximum Gasteiger partial charge on any atom is 0.232 e. The van der Waals surface area contributed by atoms with Crippen LogP contribution in [-0.2, 0) is 4.74 Å². The molecule has 3 aliphatic rings. The van der Waals surface area contributed by atoms with Crippen LogP contribution in [0.15, 0.2) is 0 Å². The molecule has 3 aliphatic heterocycles. The van der Waals surface area contributed by atoms with Crippen molar-refractivity contribution in [3.63, 3.8) is 0 Å². The van der Waals surface area contributed by atoms with Gasteiger partial charge in [0.25, 0.3) is 0 Å². The Bertz CT molecular complexity index is 453. The molecule has 4 heterocycles. The Kier molecular flexibility index (Phi) is 6.53. The Labute approximate surface area is 156 Å².